The smallest absolute Gasteiger partial charge is 0.213 e. The molecule has 82 valence electrons. The van der Waals surface area contributed by atoms with E-state index in [-0.39, 0.29) is 0 Å². The first-order valence-corrected chi connectivity index (χ1v) is 5.61. The lowest BCUT2D eigenvalue weighted by atomic mass is 10.1. The van der Waals surface area contributed by atoms with Gasteiger partial charge in [-0.05, 0) is 17.7 Å². The first-order chi connectivity index (χ1) is 7.76. The number of benzene rings is 1. The van der Waals surface area contributed by atoms with Crippen LogP contribution in [0.1, 0.15) is 5.56 Å². The fourth-order valence-corrected chi connectivity index (χ4v) is 2.04. The minimum absolute atomic E-state index is 0.365. The van der Waals surface area contributed by atoms with Gasteiger partial charge in [0.15, 0.2) is 0 Å². The van der Waals surface area contributed by atoms with Crippen LogP contribution in [0, 0.1) is 0 Å². The summed E-state index contributed by atoms with van der Waals surface area (Å²) in [6.07, 6.45) is 1.24. The molecule has 1 aromatic carbocycles. The second kappa shape index (κ2) is 4.61. The number of pyridine rings is 1. The first-order valence-electron chi connectivity index (χ1n) is 4.82. The summed E-state index contributed by atoms with van der Waals surface area (Å²) < 4.78 is 6.05. The number of carbonyl (C=O) groups excluding carboxylic acids is 1. The molecule has 0 aliphatic heterocycles. The molecule has 0 aliphatic rings. The standard InChI is InChI=1S/C12H10BrNO2/c1-16-11-5-3-9-10(13)4-2-8(6-7-15)12(9)14-11/h2-5,7H,6H2,1H3. The number of fused-ring (bicyclic) bond motifs is 1. The van der Waals surface area contributed by atoms with Crippen molar-refractivity contribution in [2.24, 2.45) is 0 Å². The van der Waals surface area contributed by atoms with Gasteiger partial charge >= 0.3 is 0 Å². The van der Waals surface area contributed by atoms with Crippen molar-refractivity contribution in [2.75, 3.05) is 7.11 Å². The molecule has 0 unspecified atom stereocenters. The van der Waals surface area contributed by atoms with E-state index >= 15 is 0 Å². The number of nitrogens with zero attached hydrogens (tertiary/aromatic N) is 1. The van der Waals surface area contributed by atoms with Crippen molar-refractivity contribution >= 4 is 33.1 Å². The molecular weight excluding hydrogens is 270 g/mol. The number of carbonyl (C=O) groups is 1. The largest absolute Gasteiger partial charge is 0.481 e. The molecule has 0 spiro atoms. The highest BCUT2D eigenvalue weighted by Gasteiger charge is 2.07. The Morgan fingerprint density at radius 2 is 2.19 bits per heavy atom. The van der Waals surface area contributed by atoms with Gasteiger partial charge in [-0.2, -0.15) is 0 Å². The summed E-state index contributed by atoms with van der Waals surface area (Å²) in [4.78, 5) is 14.9. The molecule has 0 radical (unpaired) electrons. The molecule has 0 fully saturated rings. The van der Waals surface area contributed by atoms with Crippen LogP contribution in [-0.4, -0.2) is 18.4 Å². The lowest BCUT2D eigenvalue weighted by Crippen LogP contribution is -1.94. The molecule has 0 atom stereocenters. The second-order valence-corrected chi connectivity index (χ2v) is 4.18. The summed E-state index contributed by atoms with van der Waals surface area (Å²) >= 11 is 3.46. The van der Waals surface area contributed by atoms with Gasteiger partial charge < -0.3 is 9.53 Å². The van der Waals surface area contributed by atoms with Crippen LogP contribution in [-0.2, 0) is 11.2 Å². The molecule has 1 aromatic heterocycles. The molecule has 16 heavy (non-hydrogen) atoms. The van der Waals surface area contributed by atoms with Crippen LogP contribution in [0.2, 0.25) is 0 Å². The summed E-state index contributed by atoms with van der Waals surface area (Å²) in [6.45, 7) is 0. The monoisotopic (exact) mass is 279 g/mol. The van der Waals surface area contributed by atoms with Crippen LogP contribution in [0.15, 0.2) is 28.7 Å². The zero-order valence-electron chi connectivity index (χ0n) is 8.74. The van der Waals surface area contributed by atoms with Gasteiger partial charge in [0.25, 0.3) is 0 Å². The molecule has 0 bridgehead atoms. The van der Waals surface area contributed by atoms with Crippen LogP contribution < -0.4 is 4.74 Å². The predicted molar refractivity (Wildman–Crippen MR) is 65.8 cm³/mol. The Morgan fingerprint density at radius 3 is 2.88 bits per heavy atom. The number of aromatic nitrogens is 1. The molecule has 0 aliphatic carbocycles. The molecular formula is C12H10BrNO2. The van der Waals surface area contributed by atoms with Gasteiger partial charge in [-0.3, -0.25) is 0 Å². The topological polar surface area (TPSA) is 39.2 Å². The molecule has 0 saturated carbocycles. The lowest BCUT2D eigenvalue weighted by molar-refractivity contribution is -0.107. The minimum Gasteiger partial charge on any atom is -0.481 e. The highest BCUT2D eigenvalue weighted by atomic mass is 79.9. The van der Waals surface area contributed by atoms with Gasteiger partial charge in [0, 0.05) is 22.3 Å². The maximum absolute atomic E-state index is 10.6. The lowest BCUT2D eigenvalue weighted by Gasteiger charge is -2.06. The Morgan fingerprint density at radius 1 is 1.38 bits per heavy atom. The third-order valence-corrected chi connectivity index (χ3v) is 3.07. The van der Waals surface area contributed by atoms with E-state index in [2.05, 4.69) is 20.9 Å². The number of halogens is 1. The van der Waals surface area contributed by atoms with E-state index in [0.717, 1.165) is 27.2 Å². The Hall–Kier alpha value is -1.42. The molecule has 4 heteroatoms. The number of methoxy groups -OCH3 is 1. The maximum Gasteiger partial charge on any atom is 0.213 e. The van der Waals surface area contributed by atoms with Gasteiger partial charge in [-0.15, -0.1) is 0 Å². The van der Waals surface area contributed by atoms with E-state index < -0.39 is 0 Å². The molecule has 3 nitrogen and oxygen atoms in total. The number of hydrogen-bond donors (Lipinski definition) is 0. The zero-order chi connectivity index (χ0) is 11.5. The quantitative estimate of drug-likeness (QED) is 0.811. The van der Waals surface area contributed by atoms with Crippen LogP contribution in [0.25, 0.3) is 10.9 Å². The van der Waals surface area contributed by atoms with E-state index in [4.69, 9.17) is 4.74 Å². The average molecular weight is 280 g/mol. The number of rotatable bonds is 3. The summed E-state index contributed by atoms with van der Waals surface area (Å²) in [5, 5.41) is 0.986. The van der Waals surface area contributed by atoms with Gasteiger partial charge in [0.1, 0.15) is 6.29 Å². The van der Waals surface area contributed by atoms with Gasteiger partial charge in [0.2, 0.25) is 5.88 Å². The Labute approximate surface area is 102 Å². The SMILES string of the molecule is COc1ccc2c(Br)ccc(CC=O)c2n1. The van der Waals surface area contributed by atoms with E-state index in [9.17, 15) is 4.79 Å². The molecule has 0 amide bonds. The van der Waals surface area contributed by atoms with E-state index in [1.807, 2.05) is 18.2 Å². The Kier molecular flexibility index (Phi) is 3.19. The zero-order valence-corrected chi connectivity index (χ0v) is 10.3. The molecule has 0 N–H and O–H groups in total. The molecule has 0 saturated heterocycles. The fourth-order valence-electron chi connectivity index (χ4n) is 1.59. The van der Waals surface area contributed by atoms with Crippen molar-refractivity contribution in [1.82, 2.24) is 4.98 Å². The third-order valence-electron chi connectivity index (χ3n) is 2.37. The highest BCUT2D eigenvalue weighted by molar-refractivity contribution is 9.10. The maximum atomic E-state index is 10.6. The van der Waals surface area contributed by atoms with Crippen molar-refractivity contribution in [3.8, 4) is 5.88 Å². The van der Waals surface area contributed by atoms with Crippen LogP contribution in [0.3, 0.4) is 0 Å². The van der Waals surface area contributed by atoms with Crippen LogP contribution in [0.4, 0.5) is 0 Å². The van der Waals surface area contributed by atoms with E-state index in [1.54, 1.807) is 13.2 Å². The van der Waals surface area contributed by atoms with Crippen molar-refractivity contribution < 1.29 is 9.53 Å². The Bertz CT molecular complexity index is 540. The van der Waals surface area contributed by atoms with Crippen molar-refractivity contribution in [1.29, 1.82) is 0 Å². The third kappa shape index (κ3) is 1.93. The predicted octanol–water partition coefficient (Wildman–Crippen LogP) is 2.75. The molecule has 2 aromatic rings. The van der Waals surface area contributed by atoms with Gasteiger partial charge in [-0.25, -0.2) is 4.98 Å². The summed E-state index contributed by atoms with van der Waals surface area (Å²) in [7, 11) is 1.57. The average Bonchev–Trinajstić information content (AvgIpc) is 2.32. The normalized spacial score (nSPS) is 10.4. The number of hydrogen-bond acceptors (Lipinski definition) is 3. The van der Waals surface area contributed by atoms with Gasteiger partial charge in [0.05, 0.1) is 12.6 Å². The highest BCUT2D eigenvalue weighted by Crippen LogP contribution is 2.27. The van der Waals surface area contributed by atoms with E-state index in [1.165, 1.54) is 0 Å². The minimum atomic E-state index is 0.365. The second-order valence-electron chi connectivity index (χ2n) is 3.33. The van der Waals surface area contributed by atoms with E-state index in [0.29, 0.717) is 12.3 Å². The Balaban J connectivity index is 2.72. The van der Waals surface area contributed by atoms with Gasteiger partial charge in [-0.1, -0.05) is 22.0 Å². The fraction of sp³-hybridized carbons (Fsp3) is 0.167. The summed E-state index contributed by atoms with van der Waals surface area (Å²) in [5.41, 5.74) is 1.72. The van der Waals surface area contributed by atoms with Crippen LogP contribution in [0.5, 0.6) is 5.88 Å². The van der Waals surface area contributed by atoms with Crippen LogP contribution >= 0.6 is 15.9 Å². The van der Waals surface area contributed by atoms with Crippen molar-refractivity contribution in [3.63, 3.8) is 0 Å². The summed E-state index contributed by atoms with van der Waals surface area (Å²) in [6, 6.07) is 7.56. The van der Waals surface area contributed by atoms with Crippen molar-refractivity contribution in [3.05, 3.63) is 34.3 Å². The molecule has 1 heterocycles. The first kappa shape index (κ1) is 11.1. The number of aldehydes is 1. The summed E-state index contributed by atoms with van der Waals surface area (Å²) in [5.74, 6) is 0.553. The van der Waals surface area contributed by atoms with Crippen molar-refractivity contribution in [2.45, 2.75) is 6.42 Å². The molecule has 2 rings (SSSR count). The number of ether oxygens (including phenoxy) is 1.